The number of aliphatic carboxylic acids is 1. The third-order valence-electron chi connectivity index (χ3n) is 5.16. The van der Waals surface area contributed by atoms with Crippen molar-refractivity contribution in [1.82, 2.24) is 10.2 Å². The number of hydrogen-bond acceptors (Lipinski definition) is 6. The molecule has 1 atom stereocenters. The number of likely N-dealkylation sites (tertiary alicyclic amines) is 1. The van der Waals surface area contributed by atoms with Crippen LogP contribution in [0.15, 0.2) is 15.7 Å². The van der Waals surface area contributed by atoms with Crippen LogP contribution in [0.2, 0.25) is 0 Å². The summed E-state index contributed by atoms with van der Waals surface area (Å²) >= 11 is 0. The van der Waals surface area contributed by atoms with Crippen molar-refractivity contribution in [3.63, 3.8) is 0 Å². The molecule has 0 aliphatic carbocycles. The summed E-state index contributed by atoms with van der Waals surface area (Å²) in [5, 5.41) is 16.4. The van der Waals surface area contributed by atoms with Crippen LogP contribution in [-0.2, 0) is 14.3 Å². The minimum Gasteiger partial charge on any atom is -0.481 e. The monoisotopic (exact) mass is 381 g/mol. The Bertz CT molecular complexity index is 655. The number of ether oxygens (including phenoxy) is 1. The molecule has 0 saturated carbocycles. The van der Waals surface area contributed by atoms with Crippen molar-refractivity contribution < 1.29 is 19.4 Å². The number of nitrogens with zero attached hydrogens (tertiary/aromatic N) is 2. The molecule has 0 radical (unpaired) electrons. The third kappa shape index (κ3) is 4.43. The highest BCUT2D eigenvalue weighted by Gasteiger charge is 2.33. The maximum Gasteiger partial charge on any atom is 0.305 e. The lowest BCUT2D eigenvalue weighted by atomic mass is 9.99. The molecule has 0 aromatic heterocycles. The van der Waals surface area contributed by atoms with Gasteiger partial charge >= 0.3 is 5.97 Å². The summed E-state index contributed by atoms with van der Waals surface area (Å²) in [6.45, 7) is 5.84. The molecular formula is C18H27N3O4S. The van der Waals surface area contributed by atoms with Gasteiger partial charge in [0, 0.05) is 19.0 Å². The molecule has 144 valence electrons. The maximum atomic E-state index is 11.8. The van der Waals surface area contributed by atoms with Crippen LogP contribution in [0.1, 0.15) is 39.0 Å². The number of carbonyl (C=O) groups excluding carboxylic acids is 1. The van der Waals surface area contributed by atoms with Crippen LogP contribution in [0.4, 0.5) is 0 Å². The first-order valence-electron chi connectivity index (χ1n) is 9.30. The Morgan fingerprint density at radius 2 is 2.04 bits per heavy atom. The van der Waals surface area contributed by atoms with Gasteiger partial charge in [-0.2, -0.15) is 0 Å². The predicted molar refractivity (Wildman–Crippen MR) is 102 cm³/mol. The Labute approximate surface area is 156 Å². The molecule has 2 N–H and O–H groups in total. The molecule has 0 aromatic rings. The Morgan fingerprint density at radius 1 is 1.35 bits per heavy atom. The van der Waals surface area contributed by atoms with Crippen LogP contribution < -0.4 is 5.32 Å². The minimum atomic E-state index is -0.831. The van der Waals surface area contributed by atoms with Crippen molar-refractivity contribution in [2.75, 3.05) is 32.8 Å². The summed E-state index contributed by atoms with van der Waals surface area (Å²) in [4.78, 5) is 29.4. The number of nitrogens with one attached hydrogen (secondary N) is 1. The van der Waals surface area contributed by atoms with Gasteiger partial charge in [0.15, 0.2) is 5.23 Å². The number of aliphatic imine (C=N–C) groups is 1. The first-order chi connectivity index (χ1) is 12.6. The lowest BCUT2D eigenvalue weighted by molar-refractivity contribution is -0.138. The van der Waals surface area contributed by atoms with Gasteiger partial charge in [0.05, 0.1) is 29.9 Å². The number of hydrogen-bond donors (Lipinski definition) is 2. The van der Waals surface area contributed by atoms with E-state index in [1.54, 1.807) is 0 Å². The molecule has 1 unspecified atom stereocenters. The highest BCUT2D eigenvalue weighted by molar-refractivity contribution is 8.30. The molecule has 0 aromatic carbocycles. The van der Waals surface area contributed by atoms with Crippen LogP contribution in [0, 0.1) is 5.92 Å². The van der Waals surface area contributed by atoms with Gasteiger partial charge in [-0.05, 0) is 56.2 Å². The van der Waals surface area contributed by atoms with Crippen molar-refractivity contribution >= 4 is 26.7 Å². The van der Waals surface area contributed by atoms with Crippen LogP contribution in [-0.4, -0.2) is 65.1 Å². The molecule has 3 rings (SSSR count). The highest BCUT2D eigenvalue weighted by atomic mass is 32.2. The Morgan fingerprint density at radius 3 is 2.65 bits per heavy atom. The van der Waals surface area contributed by atoms with Crippen molar-refractivity contribution in [2.45, 2.75) is 45.1 Å². The molecule has 0 bridgehead atoms. The van der Waals surface area contributed by atoms with E-state index in [-0.39, 0.29) is 19.1 Å². The number of carbonyl (C=O) groups is 1. The summed E-state index contributed by atoms with van der Waals surface area (Å²) in [7, 11) is -0.654. The number of carboxylic acids is 1. The topological polar surface area (TPSA) is 91.2 Å². The molecule has 3 aliphatic heterocycles. The third-order valence-corrected chi connectivity index (χ3v) is 7.11. The van der Waals surface area contributed by atoms with E-state index in [9.17, 15) is 9.59 Å². The van der Waals surface area contributed by atoms with Crippen LogP contribution in [0.25, 0.3) is 0 Å². The molecule has 7 nitrogen and oxygen atoms in total. The number of allylic oxidation sites excluding steroid dienone is 1. The fourth-order valence-electron chi connectivity index (χ4n) is 3.81. The molecule has 26 heavy (non-hydrogen) atoms. The van der Waals surface area contributed by atoms with E-state index < -0.39 is 16.5 Å². The van der Waals surface area contributed by atoms with E-state index in [4.69, 9.17) is 14.8 Å². The first kappa shape index (κ1) is 19.3. The molecule has 2 saturated heterocycles. The second kappa shape index (κ2) is 8.95. The van der Waals surface area contributed by atoms with Crippen molar-refractivity contribution in [2.24, 2.45) is 10.9 Å². The second-order valence-electron chi connectivity index (χ2n) is 6.96. The first-order valence-corrected chi connectivity index (χ1v) is 10.5. The Hall–Kier alpha value is -1.47. The Kier molecular flexibility index (Phi) is 6.64. The molecule has 2 fully saturated rings. The number of carboxylic acid groups (broad SMARTS) is 1. The Balaban J connectivity index is 1.59. The predicted octanol–water partition coefficient (Wildman–Crippen LogP) is 1.88. The largest absolute Gasteiger partial charge is 0.481 e. The van der Waals surface area contributed by atoms with Gasteiger partial charge < -0.3 is 20.1 Å². The standard InChI is InChI=1S/C18H27N3O4S/c1-13-18(21-9-4-15(5-10-21)25-11-6-16(23)24)26(12-22)17(20-13)14-2-7-19-8-3-14/h14-15,19H,2-11H2,1H3,(H,23,24). The SMILES string of the molecule is CC1=C(N2CCC(OCCC(=O)O)CC2)S(=C=O)C(C2CCNCC2)=N1. The quantitative estimate of drug-likeness (QED) is 0.683. The molecule has 3 heterocycles. The maximum absolute atomic E-state index is 11.8. The molecule has 8 heteroatoms. The molecular weight excluding hydrogens is 354 g/mol. The normalized spacial score (nSPS) is 25.3. The van der Waals surface area contributed by atoms with Crippen LogP contribution >= 0.6 is 10.5 Å². The number of rotatable bonds is 6. The minimum absolute atomic E-state index is 0.0431. The molecule has 0 spiro atoms. The smallest absolute Gasteiger partial charge is 0.305 e. The zero-order chi connectivity index (χ0) is 18.5. The fraction of sp³-hybridized carbons (Fsp3) is 0.722. The van der Waals surface area contributed by atoms with Gasteiger partial charge in [0.1, 0.15) is 5.03 Å². The fourth-order valence-corrected chi connectivity index (χ4v) is 5.75. The lowest BCUT2D eigenvalue weighted by Crippen LogP contribution is -2.37. The zero-order valence-corrected chi connectivity index (χ0v) is 16.0. The average Bonchev–Trinajstić information content (AvgIpc) is 2.99. The van der Waals surface area contributed by atoms with Crippen LogP contribution in [0.3, 0.4) is 0 Å². The van der Waals surface area contributed by atoms with E-state index in [1.807, 2.05) is 6.92 Å². The lowest BCUT2D eigenvalue weighted by Gasteiger charge is -2.35. The van der Waals surface area contributed by atoms with E-state index in [0.29, 0.717) is 5.92 Å². The van der Waals surface area contributed by atoms with E-state index in [0.717, 1.165) is 67.6 Å². The van der Waals surface area contributed by atoms with Gasteiger partial charge in [0.25, 0.3) is 0 Å². The molecule has 0 amide bonds. The molecule has 3 aliphatic rings. The van der Waals surface area contributed by atoms with Gasteiger partial charge in [-0.15, -0.1) is 0 Å². The van der Waals surface area contributed by atoms with Gasteiger partial charge in [0.2, 0.25) is 0 Å². The van der Waals surface area contributed by atoms with Crippen LogP contribution in [0.5, 0.6) is 0 Å². The van der Waals surface area contributed by atoms with Crippen molar-refractivity contribution in [3.05, 3.63) is 10.7 Å². The van der Waals surface area contributed by atoms with Crippen molar-refractivity contribution in [1.29, 1.82) is 0 Å². The summed E-state index contributed by atoms with van der Waals surface area (Å²) in [6.07, 6.45) is 3.89. The second-order valence-corrected chi connectivity index (χ2v) is 8.54. The van der Waals surface area contributed by atoms with Gasteiger partial charge in [-0.1, -0.05) is 0 Å². The van der Waals surface area contributed by atoms with E-state index in [2.05, 4.69) is 15.4 Å². The summed E-state index contributed by atoms with van der Waals surface area (Å²) in [6, 6.07) is 0. The van der Waals surface area contributed by atoms with Gasteiger partial charge in [-0.3, -0.25) is 4.79 Å². The number of piperidine rings is 2. The zero-order valence-electron chi connectivity index (χ0n) is 15.2. The van der Waals surface area contributed by atoms with E-state index >= 15 is 0 Å². The summed E-state index contributed by atoms with van der Waals surface area (Å²) in [5.41, 5.74) is 0.954. The highest BCUT2D eigenvalue weighted by Crippen LogP contribution is 2.43. The summed E-state index contributed by atoms with van der Waals surface area (Å²) in [5.74, 6) is -0.451. The van der Waals surface area contributed by atoms with Gasteiger partial charge in [-0.25, -0.2) is 9.79 Å². The van der Waals surface area contributed by atoms with E-state index in [1.165, 1.54) is 0 Å². The summed E-state index contributed by atoms with van der Waals surface area (Å²) < 4.78 is 5.67. The van der Waals surface area contributed by atoms with Crippen molar-refractivity contribution in [3.8, 4) is 0 Å². The average molecular weight is 381 g/mol.